The van der Waals surface area contributed by atoms with E-state index in [0.29, 0.717) is 0 Å². The van der Waals surface area contributed by atoms with E-state index in [2.05, 4.69) is 62.0 Å². The molecule has 0 aliphatic heterocycles. The number of hydrogen-bond donors (Lipinski definition) is 0. The fourth-order valence-electron chi connectivity index (χ4n) is 3.59. The Hall–Kier alpha value is -1.82. The van der Waals surface area contributed by atoms with Crippen molar-refractivity contribution in [1.82, 2.24) is 0 Å². The van der Waals surface area contributed by atoms with Gasteiger partial charge in [0.05, 0.1) is 0 Å². The van der Waals surface area contributed by atoms with Crippen LogP contribution in [0.15, 0.2) is 61.2 Å². The minimum Gasteiger partial charge on any atom is -0.103 e. The van der Waals surface area contributed by atoms with Gasteiger partial charge in [-0.05, 0) is 41.5 Å². The third kappa shape index (κ3) is 1.67. The van der Waals surface area contributed by atoms with Crippen molar-refractivity contribution < 1.29 is 0 Å². The van der Waals surface area contributed by atoms with E-state index in [0.717, 1.165) is 19.3 Å². The molecule has 0 aromatic heterocycles. The second-order valence-corrected chi connectivity index (χ2v) is 5.35. The SMILES string of the molecule is C=CCCC1(CC)c2ccccc2-c2ccccc21. The van der Waals surface area contributed by atoms with Gasteiger partial charge in [0.2, 0.25) is 0 Å². The summed E-state index contributed by atoms with van der Waals surface area (Å²) in [5.74, 6) is 0. The molecule has 0 bridgehead atoms. The van der Waals surface area contributed by atoms with Crippen molar-refractivity contribution in [2.45, 2.75) is 31.6 Å². The van der Waals surface area contributed by atoms with E-state index in [1.807, 2.05) is 6.08 Å². The highest BCUT2D eigenvalue weighted by atomic mass is 14.4. The molecule has 0 heterocycles. The molecule has 0 atom stereocenters. The van der Waals surface area contributed by atoms with E-state index < -0.39 is 0 Å². The van der Waals surface area contributed by atoms with Crippen molar-refractivity contribution in [2.24, 2.45) is 0 Å². The zero-order valence-corrected chi connectivity index (χ0v) is 11.5. The highest BCUT2D eigenvalue weighted by Crippen LogP contribution is 2.52. The lowest BCUT2D eigenvalue weighted by atomic mass is 9.72. The fraction of sp³-hybridized carbons (Fsp3) is 0.263. The fourth-order valence-corrected chi connectivity index (χ4v) is 3.59. The largest absolute Gasteiger partial charge is 0.103 e. The van der Waals surface area contributed by atoms with Crippen LogP contribution in [0.5, 0.6) is 0 Å². The Labute approximate surface area is 115 Å². The second-order valence-electron chi connectivity index (χ2n) is 5.35. The van der Waals surface area contributed by atoms with Crippen LogP contribution in [0.2, 0.25) is 0 Å². The van der Waals surface area contributed by atoms with Crippen molar-refractivity contribution in [3.63, 3.8) is 0 Å². The predicted molar refractivity (Wildman–Crippen MR) is 82.4 cm³/mol. The summed E-state index contributed by atoms with van der Waals surface area (Å²) in [5, 5.41) is 0. The first kappa shape index (κ1) is 12.2. The summed E-state index contributed by atoms with van der Waals surface area (Å²) in [6, 6.07) is 17.8. The van der Waals surface area contributed by atoms with Crippen molar-refractivity contribution in [1.29, 1.82) is 0 Å². The molecule has 19 heavy (non-hydrogen) atoms. The molecule has 0 saturated heterocycles. The van der Waals surface area contributed by atoms with Gasteiger partial charge in [0.15, 0.2) is 0 Å². The molecule has 0 heteroatoms. The summed E-state index contributed by atoms with van der Waals surface area (Å²) in [6.45, 7) is 6.21. The zero-order valence-electron chi connectivity index (χ0n) is 11.5. The van der Waals surface area contributed by atoms with Crippen LogP contribution in [0, 0.1) is 0 Å². The minimum absolute atomic E-state index is 0.182. The summed E-state index contributed by atoms with van der Waals surface area (Å²) in [7, 11) is 0. The smallest absolute Gasteiger partial charge is 0.0215 e. The maximum absolute atomic E-state index is 3.90. The van der Waals surface area contributed by atoms with Crippen molar-refractivity contribution >= 4 is 0 Å². The van der Waals surface area contributed by atoms with Gasteiger partial charge in [0, 0.05) is 5.41 Å². The quantitative estimate of drug-likeness (QED) is 0.641. The molecule has 96 valence electrons. The van der Waals surface area contributed by atoms with Crippen molar-refractivity contribution in [2.75, 3.05) is 0 Å². The van der Waals surface area contributed by atoms with E-state index in [4.69, 9.17) is 0 Å². The van der Waals surface area contributed by atoms with Gasteiger partial charge in [0.25, 0.3) is 0 Å². The molecule has 0 nitrogen and oxygen atoms in total. The third-order valence-corrected chi connectivity index (χ3v) is 4.55. The van der Waals surface area contributed by atoms with Crippen LogP contribution >= 0.6 is 0 Å². The Balaban J connectivity index is 2.26. The Bertz CT molecular complexity index is 561. The number of benzene rings is 2. The Morgan fingerprint density at radius 1 is 0.947 bits per heavy atom. The summed E-state index contributed by atoms with van der Waals surface area (Å²) in [4.78, 5) is 0. The van der Waals surface area contributed by atoms with E-state index in [-0.39, 0.29) is 5.41 Å². The van der Waals surface area contributed by atoms with E-state index in [1.165, 1.54) is 22.3 Å². The van der Waals surface area contributed by atoms with Crippen LogP contribution in [-0.2, 0) is 5.41 Å². The van der Waals surface area contributed by atoms with E-state index in [9.17, 15) is 0 Å². The van der Waals surface area contributed by atoms with Crippen LogP contribution in [-0.4, -0.2) is 0 Å². The zero-order chi connectivity index (χ0) is 13.3. The number of allylic oxidation sites excluding steroid dienone is 1. The van der Waals surface area contributed by atoms with E-state index in [1.54, 1.807) is 0 Å². The monoisotopic (exact) mass is 248 g/mol. The lowest BCUT2D eigenvalue weighted by Crippen LogP contribution is -2.23. The first-order valence-electron chi connectivity index (χ1n) is 7.14. The van der Waals surface area contributed by atoms with Crippen LogP contribution in [0.1, 0.15) is 37.3 Å². The van der Waals surface area contributed by atoms with E-state index >= 15 is 0 Å². The summed E-state index contributed by atoms with van der Waals surface area (Å²) >= 11 is 0. The average Bonchev–Trinajstić information content (AvgIpc) is 2.77. The lowest BCUT2D eigenvalue weighted by Gasteiger charge is -2.30. The van der Waals surface area contributed by atoms with Gasteiger partial charge in [-0.3, -0.25) is 0 Å². The van der Waals surface area contributed by atoms with Gasteiger partial charge in [-0.2, -0.15) is 0 Å². The molecule has 0 unspecified atom stereocenters. The van der Waals surface area contributed by atoms with Gasteiger partial charge >= 0.3 is 0 Å². The van der Waals surface area contributed by atoms with Gasteiger partial charge < -0.3 is 0 Å². The molecular weight excluding hydrogens is 228 g/mol. The molecule has 0 N–H and O–H groups in total. The Kier molecular flexibility index (Phi) is 3.02. The molecule has 0 amide bonds. The molecule has 0 spiro atoms. The van der Waals surface area contributed by atoms with Crippen molar-refractivity contribution in [3.05, 3.63) is 72.3 Å². The standard InChI is InChI=1S/C19H20/c1-3-5-14-19(4-2)17-12-8-6-10-15(17)16-11-7-9-13-18(16)19/h3,6-13H,1,4-5,14H2,2H3. The first-order valence-corrected chi connectivity index (χ1v) is 7.14. The molecule has 2 aromatic rings. The van der Waals surface area contributed by atoms with Crippen LogP contribution in [0.25, 0.3) is 11.1 Å². The third-order valence-electron chi connectivity index (χ3n) is 4.55. The maximum Gasteiger partial charge on any atom is 0.0215 e. The molecule has 1 aliphatic carbocycles. The molecule has 1 aliphatic rings. The number of rotatable bonds is 4. The topological polar surface area (TPSA) is 0 Å². The predicted octanol–water partition coefficient (Wildman–Crippen LogP) is 5.33. The second kappa shape index (κ2) is 4.70. The summed E-state index contributed by atoms with van der Waals surface area (Å²) < 4.78 is 0. The molecule has 0 radical (unpaired) electrons. The van der Waals surface area contributed by atoms with Crippen LogP contribution < -0.4 is 0 Å². The minimum atomic E-state index is 0.182. The van der Waals surface area contributed by atoms with Gasteiger partial charge in [-0.1, -0.05) is 61.5 Å². The highest BCUT2D eigenvalue weighted by Gasteiger charge is 2.40. The number of fused-ring (bicyclic) bond motifs is 3. The molecule has 0 fully saturated rings. The molecular formula is C19H20. The maximum atomic E-state index is 3.90. The van der Waals surface area contributed by atoms with Gasteiger partial charge in [0.1, 0.15) is 0 Å². The lowest BCUT2D eigenvalue weighted by molar-refractivity contribution is 0.471. The average molecular weight is 248 g/mol. The number of hydrogen-bond acceptors (Lipinski definition) is 0. The normalized spacial score (nSPS) is 14.8. The Morgan fingerprint density at radius 2 is 1.47 bits per heavy atom. The molecule has 0 saturated carbocycles. The molecule has 3 rings (SSSR count). The molecule has 2 aromatic carbocycles. The van der Waals surface area contributed by atoms with Crippen molar-refractivity contribution in [3.8, 4) is 11.1 Å². The highest BCUT2D eigenvalue weighted by molar-refractivity contribution is 5.80. The van der Waals surface area contributed by atoms with Gasteiger partial charge in [-0.15, -0.1) is 6.58 Å². The first-order chi connectivity index (χ1) is 9.33. The Morgan fingerprint density at radius 3 is 1.95 bits per heavy atom. The van der Waals surface area contributed by atoms with Crippen LogP contribution in [0.4, 0.5) is 0 Å². The summed E-state index contributed by atoms with van der Waals surface area (Å²) in [5.41, 5.74) is 6.02. The van der Waals surface area contributed by atoms with Gasteiger partial charge in [-0.25, -0.2) is 0 Å². The summed E-state index contributed by atoms with van der Waals surface area (Å²) in [6.07, 6.45) is 5.41. The van der Waals surface area contributed by atoms with Crippen LogP contribution in [0.3, 0.4) is 0 Å².